The molecule has 2 aromatic carbocycles. The van der Waals surface area contributed by atoms with Gasteiger partial charge in [-0.25, -0.2) is 9.18 Å². The van der Waals surface area contributed by atoms with Crippen molar-refractivity contribution in [3.8, 4) is 5.75 Å². The summed E-state index contributed by atoms with van der Waals surface area (Å²) in [5, 5.41) is 2.65. The Labute approximate surface area is 147 Å². The van der Waals surface area contributed by atoms with Crippen LogP contribution in [0, 0.1) is 5.82 Å². The molecule has 0 unspecified atom stereocenters. The Hall–Kier alpha value is -2.82. The first-order valence-electron chi connectivity index (χ1n) is 8.22. The molecule has 0 atom stereocenters. The van der Waals surface area contributed by atoms with E-state index in [9.17, 15) is 9.18 Å². The standard InChI is InChI=1S/C20H22FNO3/c1-2-24-18-12-11-17(19(21)14-18)10-6-7-13-22-20(23)25-15-16-8-4-3-5-9-16/h3-6,8-12,14H,2,7,13,15H2,1H3,(H,22,23). The van der Waals surface area contributed by atoms with E-state index in [0.717, 1.165) is 5.56 Å². The second kappa shape index (κ2) is 10.1. The average molecular weight is 343 g/mol. The lowest BCUT2D eigenvalue weighted by Crippen LogP contribution is -2.24. The molecule has 0 radical (unpaired) electrons. The highest BCUT2D eigenvalue weighted by Gasteiger charge is 2.02. The van der Waals surface area contributed by atoms with E-state index < -0.39 is 6.09 Å². The van der Waals surface area contributed by atoms with Gasteiger partial charge in [0, 0.05) is 18.2 Å². The van der Waals surface area contributed by atoms with Crippen LogP contribution in [0.3, 0.4) is 0 Å². The largest absolute Gasteiger partial charge is 0.494 e. The number of rotatable bonds is 8. The van der Waals surface area contributed by atoms with E-state index in [-0.39, 0.29) is 12.4 Å². The SMILES string of the molecule is CCOc1ccc(C=CCCNC(=O)OCc2ccccc2)c(F)c1. The number of hydrogen-bond acceptors (Lipinski definition) is 3. The molecule has 2 rings (SSSR count). The van der Waals surface area contributed by atoms with Gasteiger partial charge in [0.25, 0.3) is 0 Å². The lowest BCUT2D eigenvalue weighted by Gasteiger charge is -2.06. The van der Waals surface area contributed by atoms with Gasteiger partial charge < -0.3 is 14.8 Å². The van der Waals surface area contributed by atoms with Gasteiger partial charge in [-0.1, -0.05) is 42.5 Å². The van der Waals surface area contributed by atoms with Gasteiger partial charge in [0.05, 0.1) is 6.61 Å². The number of ether oxygens (including phenoxy) is 2. The molecule has 0 saturated heterocycles. The van der Waals surface area contributed by atoms with Crippen LogP contribution in [0.1, 0.15) is 24.5 Å². The number of benzene rings is 2. The van der Waals surface area contributed by atoms with E-state index in [0.29, 0.717) is 30.9 Å². The minimum Gasteiger partial charge on any atom is -0.494 e. The smallest absolute Gasteiger partial charge is 0.407 e. The van der Waals surface area contributed by atoms with Crippen molar-refractivity contribution < 1.29 is 18.7 Å². The molecule has 0 fully saturated rings. The Morgan fingerprint density at radius 2 is 2.00 bits per heavy atom. The summed E-state index contributed by atoms with van der Waals surface area (Å²) in [7, 11) is 0. The summed E-state index contributed by atoms with van der Waals surface area (Å²) in [4.78, 5) is 11.6. The van der Waals surface area contributed by atoms with Crippen LogP contribution < -0.4 is 10.1 Å². The number of halogens is 1. The minimum atomic E-state index is -0.468. The number of alkyl carbamates (subject to hydrolysis) is 1. The summed E-state index contributed by atoms with van der Waals surface area (Å²) >= 11 is 0. The van der Waals surface area contributed by atoms with E-state index in [2.05, 4.69) is 5.32 Å². The Balaban J connectivity index is 1.68. The molecule has 132 valence electrons. The molecule has 0 aromatic heterocycles. The van der Waals surface area contributed by atoms with E-state index in [1.54, 1.807) is 24.3 Å². The molecule has 2 aromatic rings. The lowest BCUT2D eigenvalue weighted by molar-refractivity contribution is 0.140. The second-order valence-corrected chi connectivity index (χ2v) is 5.30. The Kier molecular flexibility index (Phi) is 7.50. The van der Waals surface area contributed by atoms with E-state index in [4.69, 9.17) is 9.47 Å². The van der Waals surface area contributed by atoms with Crippen molar-refractivity contribution in [1.29, 1.82) is 0 Å². The fourth-order valence-corrected chi connectivity index (χ4v) is 2.14. The summed E-state index contributed by atoms with van der Waals surface area (Å²) in [5.41, 5.74) is 1.42. The molecular formula is C20H22FNO3. The molecule has 5 heteroatoms. The van der Waals surface area contributed by atoms with Crippen LogP contribution >= 0.6 is 0 Å². The van der Waals surface area contributed by atoms with E-state index in [1.165, 1.54) is 6.07 Å². The molecule has 0 aliphatic heterocycles. The van der Waals surface area contributed by atoms with Crippen LogP contribution in [0.15, 0.2) is 54.6 Å². The summed E-state index contributed by atoms with van der Waals surface area (Å²) < 4.78 is 24.2. The zero-order valence-electron chi connectivity index (χ0n) is 14.2. The molecule has 0 saturated carbocycles. The van der Waals surface area contributed by atoms with Crippen molar-refractivity contribution in [3.63, 3.8) is 0 Å². The quantitative estimate of drug-likeness (QED) is 0.715. The third-order valence-electron chi connectivity index (χ3n) is 3.37. The fourth-order valence-electron chi connectivity index (χ4n) is 2.14. The molecule has 0 aliphatic carbocycles. The van der Waals surface area contributed by atoms with Gasteiger partial charge in [0.1, 0.15) is 18.2 Å². The molecule has 1 amide bonds. The monoisotopic (exact) mass is 343 g/mol. The fraction of sp³-hybridized carbons (Fsp3) is 0.250. The maximum Gasteiger partial charge on any atom is 0.407 e. The van der Waals surface area contributed by atoms with Gasteiger partial charge >= 0.3 is 6.09 Å². The Bertz CT molecular complexity index is 701. The highest BCUT2D eigenvalue weighted by atomic mass is 19.1. The summed E-state index contributed by atoms with van der Waals surface area (Å²) in [6, 6.07) is 14.2. The predicted octanol–water partition coefficient (Wildman–Crippen LogP) is 4.55. The van der Waals surface area contributed by atoms with E-state index >= 15 is 0 Å². The van der Waals surface area contributed by atoms with Crippen LogP contribution in [0.25, 0.3) is 6.08 Å². The molecule has 1 N–H and O–H groups in total. The van der Waals surface area contributed by atoms with Gasteiger partial charge in [0.2, 0.25) is 0 Å². The molecule has 25 heavy (non-hydrogen) atoms. The van der Waals surface area contributed by atoms with Crippen molar-refractivity contribution in [2.45, 2.75) is 20.0 Å². The van der Waals surface area contributed by atoms with Gasteiger partial charge in [-0.05, 0) is 31.0 Å². The van der Waals surface area contributed by atoms with Gasteiger partial charge in [-0.3, -0.25) is 0 Å². The zero-order chi connectivity index (χ0) is 17.9. The van der Waals surface area contributed by atoms with Crippen LogP contribution in [0.2, 0.25) is 0 Å². The summed E-state index contributed by atoms with van der Waals surface area (Å²) in [5.74, 6) is 0.178. The Morgan fingerprint density at radius 1 is 1.20 bits per heavy atom. The number of nitrogens with one attached hydrogen (secondary N) is 1. The van der Waals surface area contributed by atoms with Crippen LogP contribution in [0.4, 0.5) is 9.18 Å². The number of carbonyl (C=O) groups excluding carboxylic acids is 1. The number of hydrogen-bond donors (Lipinski definition) is 1. The predicted molar refractivity (Wildman–Crippen MR) is 95.8 cm³/mol. The van der Waals surface area contributed by atoms with Crippen molar-refractivity contribution >= 4 is 12.2 Å². The highest BCUT2D eigenvalue weighted by Crippen LogP contribution is 2.17. The molecule has 0 bridgehead atoms. The Morgan fingerprint density at radius 3 is 2.72 bits per heavy atom. The van der Waals surface area contributed by atoms with Crippen LogP contribution in [-0.2, 0) is 11.3 Å². The topological polar surface area (TPSA) is 47.6 Å². The number of carbonyl (C=O) groups is 1. The van der Waals surface area contributed by atoms with Gasteiger partial charge in [-0.2, -0.15) is 0 Å². The zero-order valence-corrected chi connectivity index (χ0v) is 14.2. The molecule has 0 aliphatic rings. The van der Waals surface area contributed by atoms with Gasteiger partial charge in [-0.15, -0.1) is 0 Å². The average Bonchev–Trinajstić information content (AvgIpc) is 2.62. The minimum absolute atomic E-state index is 0.236. The third-order valence-corrected chi connectivity index (χ3v) is 3.37. The summed E-state index contributed by atoms with van der Waals surface area (Å²) in [6.07, 6.45) is 3.59. The second-order valence-electron chi connectivity index (χ2n) is 5.30. The lowest BCUT2D eigenvalue weighted by atomic mass is 10.2. The van der Waals surface area contributed by atoms with Crippen molar-refractivity contribution in [2.24, 2.45) is 0 Å². The highest BCUT2D eigenvalue weighted by molar-refractivity contribution is 5.67. The molecule has 4 nitrogen and oxygen atoms in total. The van der Waals surface area contributed by atoms with Crippen molar-refractivity contribution in [3.05, 3.63) is 71.6 Å². The van der Waals surface area contributed by atoms with E-state index in [1.807, 2.05) is 37.3 Å². The first-order valence-corrected chi connectivity index (χ1v) is 8.22. The first kappa shape index (κ1) is 18.5. The number of amides is 1. The van der Waals surface area contributed by atoms with Crippen LogP contribution in [0.5, 0.6) is 5.75 Å². The maximum absolute atomic E-state index is 13.9. The maximum atomic E-state index is 13.9. The summed E-state index contributed by atoms with van der Waals surface area (Å²) in [6.45, 7) is 3.01. The normalized spacial score (nSPS) is 10.6. The first-order chi connectivity index (χ1) is 12.2. The molecular weight excluding hydrogens is 321 g/mol. The molecule has 0 spiro atoms. The van der Waals surface area contributed by atoms with Crippen LogP contribution in [-0.4, -0.2) is 19.2 Å². The third kappa shape index (κ3) is 6.67. The van der Waals surface area contributed by atoms with Crippen molar-refractivity contribution in [2.75, 3.05) is 13.2 Å². The van der Waals surface area contributed by atoms with Crippen molar-refractivity contribution in [1.82, 2.24) is 5.32 Å². The molecule has 0 heterocycles. The van der Waals surface area contributed by atoms with Gasteiger partial charge in [0.15, 0.2) is 0 Å².